The summed E-state index contributed by atoms with van der Waals surface area (Å²) in [6.07, 6.45) is -4.49. The molecule has 0 saturated carbocycles. The van der Waals surface area contributed by atoms with E-state index in [4.69, 9.17) is 0 Å². The lowest BCUT2D eigenvalue weighted by Gasteiger charge is -2.15. The zero-order chi connectivity index (χ0) is 18.1. The van der Waals surface area contributed by atoms with E-state index in [1.807, 2.05) is 26.0 Å². The maximum Gasteiger partial charge on any atom is 0.435 e. The maximum atomic E-state index is 12.7. The summed E-state index contributed by atoms with van der Waals surface area (Å²) in [6.45, 7) is 7.13. The van der Waals surface area contributed by atoms with Gasteiger partial charge in [0.05, 0.1) is 12.5 Å². The number of rotatable bonds is 4. The van der Waals surface area contributed by atoms with Gasteiger partial charge in [0.15, 0.2) is 5.69 Å². The Labute approximate surface area is 138 Å². The van der Waals surface area contributed by atoms with Crippen LogP contribution in [-0.2, 0) is 17.5 Å². The third kappa shape index (κ3) is 3.96. The Morgan fingerprint density at radius 3 is 2.54 bits per heavy atom. The first-order valence-corrected chi connectivity index (χ1v) is 7.58. The summed E-state index contributed by atoms with van der Waals surface area (Å²) in [5.74, 6) is -0.781. The number of anilines is 1. The zero-order valence-corrected chi connectivity index (χ0v) is 14.0. The van der Waals surface area contributed by atoms with E-state index in [1.54, 1.807) is 13.0 Å². The summed E-state index contributed by atoms with van der Waals surface area (Å²) >= 11 is 0. The minimum atomic E-state index is -4.49. The molecule has 0 radical (unpaired) electrons. The second-order valence-corrected chi connectivity index (χ2v) is 5.99. The van der Waals surface area contributed by atoms with Crippen molar-refractivity contribution in [1.29, 1.82) is 0 Å². The van der Waals surface area contributed by atoms with Gasteiger partial charge in [0.1, 0.15) is 0 Å². The van der Waals surface area contributed by atoms with E-state index in [2.05, 4.69) is 10.4 Å². The molecule has 2 aromatic rings. The highest BCUT2D eigenvalue weighted by molar-refractivity contribution is 5.93. The highest BCUT2D eigenvalue weighted by Gasteiger charge is 2.34. The average molecular weight is 339 g/mol. The minimum absolute atomic E-state index is 0.0820. The SMILES string of the molecule is Cc1cccc(NC(=O)[C@H](C)Cn2nc(C(F)(F)F)cc2C)c1C. The number of hydrogen-bond donors (Lipinski definition) is 1. The molecule has 2 rings (SSSR count). The number of benzene rings is 1. The lowest BCUT2D eigenvalue weighted by molar-refractivity contribution is -0.141. The van der Waals surface area contributed by atoms with Gasteiger partial charge < -0.3 is 5.32 Å². The monoisotopic (exact) mass is 339 g/mol. The Morgan fingerprint density at radius 1 is 1.29 bits per heavy atom. The molecule has 1 atom stereocenters. The lowest BCUT2D eigenvalue weighted by atomic mass is 10.1. The van der Waals surface area contributed by atoms with Crippen LogP contribution in [0.2, 0.25) is 0 Å². The van der Waals surface area contributed by atoms with Crippen LogP contribution in [0.5, 0.6) is 0 Å². The van der Waals surface area contributed by atoms with Crippen molar-refractivity contribution < 1.29 is 18.0 Å². The number of hydrogen-bond acceptors (Lipinski definition) is 2. The Morgan fingerprint density at radius 2 is 1.96 bits per heavy atom. The van der Waals surface area contributed by atoms with Gasteiger partial charge in [0.2, 0.25) is 5.91 Å². The van der Waals surface area contributed by atoms with Gasteiger partial charge in [0.25, 0.3) is 0 Å². The second kappa shape index (κ2) is 6.67. The van der Waals surface area contributed by atoms with Gasteiger partial charge in [-0.1, -0.05) is 19.1 Å². The van der Waals surface area contributed by atoms with Gasteiger partial charge in [-0.05, 0) is 44.0 Å². The van der Waals surface area contributed by atoms with E-state index >= 15 is 0 Å². The molecule has 1 aromatic carbocycles. The summed E-state index contributed by atoms with van der Waals surface area (Å²) in [5.41, 5.74) is 2.15. The van der Waals surface area contributed by atoms with Crippen molar-refractivity contribution in [1.82, 2.24) is 9.78 Å². The number of carbonyl (C=O) groups is 1. The van der Waals surface area contributed by atoms with Gasteiger partial charge in [-0.2, -0.15) is 18.3 Å². The number of aromatic nitrogens is 2. The molecule has 0 spiro atoms. The summed E-state index contributed by atoms with van der Waals surface area (Å²) in [6, 6.07) is 6.57. The summed E-state index contributed by atoms with van der Waals surface area (Å²) < 4.78 is 39.3. The first-order valence-electron chi connectivity index (χ1n) is 7.58. The molecule has 24 heavy (non-hydrogen) atoms. The number of amides is 1. The lowest BCUT2D eigenvalue weighted by Crippen LogP contribution is -2.25. The quantitative estimate of drug-likeness (QED) is 0.911. The fourth-order valence-electron chi connectivity index (χ4n) is 2.32. The Bertz CT molecular complexity index is 750. The smallest absolute Gasteiger partial charge is 0.326 e. The largest absolute Gasteiger partial charge is 0.435 e. The van der Waals surface area contributed by atoms with Crippen LogP contribution in [0.15, 0.2) is 24.3 Å². The van der Waals surface area contributed by atoms with Crippen LogP contribution in [0.3, 0.4) is 0 Å². The van der Waals surface area contributed by atoms with E-state index < -0.39 is 17.8 Å². The first kappa shape index (κ1) is 18.0. The first-order chi connectivity index (χ1) is 11.1. The third-order valence-corrected chi connectivity index (χ3v) is 4.03. The molecule has 1 amide bonds. The van der Waals surface area contributed by atoms with Crippen LogP contribution >= 0.6 is 0 Å². The topological polar surface area (TPSA) is 46.9 Å². The molecule has 1 aromatic heterocycles. The van der Waals surface area contributed by atoms with Gasteiger partial charge in [-0.3, -0.25) is 9.48 Å². The number of halogens is 3. The van der Waals surface area contributed by atoms with Gasteiger partial charge in [0, 0.05) is 11.4 Å². The van der Waals surface area contributed by atoms with Crippen LogP contribution in [0.25, 0.3) is 0 Å². The van der Waals surface area contributed by atoms with Crippen LogP contribution in [0.4, 0.5) is 18.9 Å². The average Bonchev–Trinajstić information content (AvgIpc) is 2.85. The van der Waals surface area contributed by atoms with Crippen molar-refractivity contribution >= 4 is 11.6 Å². The number of alkyl halides is 3. The van der Waals surface area contributed by atoms with Crippen LogP contribution < -0.4 is 5.32 Å². The molecule has 0 saturated heterocycles. The molecule has 4 nitrogen and oxygen atoms in total. The van der Waals surface area contributed by atoms with Crippen molar-refractivity contribution in [3.63, 3.8) is 0 Å². The summed E-state index contributed by atoms with van der Waals surface area (Å²) in [5, 5.41) is 6.38. The molecule has 130 valence electrons. The predicted octanol–water partition coefficient (Wildman–Crippen LogP) is 4.10. The van der Waals surface area contributed by atoms with Crippen LogP contribution in [-0.4, -0.2) is 15.7 Å². The molecule has 0 bridgehead atoms. The number of carbonyl (C=O) groups excluding carboxylic acids is 1. The molecule has 7 heteroatoms. The summed E-state index contributed by atoms with van der Waals surface area (Å²) in [7, 11) is 0. The highest BCUT2D eigenvalue weighted by atomic mass is 19.4. The fraction of sp³-hybridized carbons (Fsp3) is 0.412. The van der Waals surface area contributed by atoms with E-state index in [-0.39, 0.29) is 12.5 Å². The van der Waals surface area contributed by atoms with Gasteiger partial charge in [-0.25, -0.2) is 0 Å². The zero-order valence-electron chi connectivity index (χ0n) is 14.0. The fourth-order valence-corrected chi connectivity index (χ4v) is 2.32. The molecule has 0 fully saturated rings. The minimum Gasteiger partial charge on any atom is -0.326 e. The molecule has 0 aliphatic heterocycles. The Hall–Kier alpha value is -2.31. The Kier molecular flexibility index (Phi) is 5.01. The van der Waals surface area contributed by atoms with Crippen molar-refractivity contribution in [2.24, 2.45) is 5.92 Å². The molecular formula is C17H20F3N3O. The number of aryl methyl sites for hydroxylation is 2. The molecule has 1 heterocycles. The number of nitrogens with one attached hydrogen (secondary N) is 1. The van der Waals surface area contributed by atoms with Gasteiger partial charge >= 0.3 is 6.18 Å². The molecule has 0 aliphatic carbocycles. The van der Waals surface area contributed by atoms with Crippen molar-refractivity contribution in [3.8, 4) is 0 Å². The standard InChI is InChI=1S/C17H20F3N3O/c1-10-6-5-7-14(13(10)4)21-16(24)11(2)9-23-12(3)8-15(22-23)17(18,19)20/h5-8,11H,9H2,1-4H3,(H,21,24)/t11-/m1/s1. The van der Waals surface area contributed by atoms with Crippen molar-refractivity contribution in [2.75, 3.05) is 5.32 Å². The summed E-state index contributed by atoms with van der Waals surface area (Å²) in [4.78, 5) is 12.3. The third-order valence-electron chi connectivity index (χ3n) is 4.03. The van der Waals surface area contributed by atoms with Crippen molar-refractivity contribution in [2.45, 2.75) is 40.4 Å². The van der Waals surface area contributed by atoms with E-state index in [9.17, 15) is 18.0 Å². The highest BCUT2D eigenvalue weighted by Crippen LogP contribution is 2.28. The maximum absolute atomic E-state index is 12.7. The van der Waals surface area contributed by atoms with E-state index in [1.165, 1.54) is 11.6 Å². The van der Waals surface area contributed by atoms with Crippen LogP contribution in [0.1, 0.15) is 29.4 Å². The van der Waals surface area contributed by atoms with Crippen LogP contribution in [0, 0.1) is 26.7 Å². The van der Waals surface area contributed by atoms with Gasteiger partial charge in [-0.15, -0.1) is 0 Å². The molecule has 1 N–H and O–H groups in total. The predicted molar refractivity (Wildman–Crippen MR) is 85.7 cm³/mol. The molecule has 0 aliphatic rings. The normalized spacial score (nSPS) is 13.0. The second-order valence-electron chi connectivity index (χ2n) is 5.99. The number of nitrogens with zero attached hydrogens (tertiary/aromatic N) is 2. The van der Waals surface area contributed by atoms with E-state index in [0.717, 1.165) is 17.2 Å². The Balaban J connectivity index is 2.09. The van der Waals surface area contributed by atoms with E-state index in [0.29, 0.717) is 11.4 Å². The van der Waals surface area contributed by atoms with Crippen molar-refractivity contribution in [3.05, 3.63) is 46.8 Å². The molecular weight excluding hydrogens is 319 g/mol. The molecule has 0 unspecified atom stereocenters.